The standard InChI is InChI=1S/C14H18FN3O/c1-9-8-10(15)4-5-11(9)13-17-12(19-18-13)6-7-14(2,3)16/h4-5,8H,6-7,16H2,1-3H3. The molecule has 0 saturated carbocycles. The first-order valence-electron chi connectivity index (χ1n) is 6.23. The van der Waals surface area contributed by atoms with Gasteiger partial charge < -0.3 is 10.3 Å². The van der Waals surface area contributed by atoms with E-state index >= 15 is 0 Å². The van der Waals surface area contributed by atoms with E-state index in [2.05, 4.69) is 10.1 Å². The molecule has 0 spiro atoms. The molecule has 0 atom stereocenters. The van der Waals surface area contributed by atoms with E-state index < -0.39 is 0 Å². The minimum absolute atomic E-state index is 0.263. The van der Waals surface area contributed by atoms with E-state index in [1.54, 1.807) is 6.07 Å². The lowest BCUT2D eigenvalue weighted by molar-refractivity contribution is 0.358. The Bertz CT molecular complexity index is 572. The summed E-state index contributed by atoms with van der Waals surface area (Å²) in [7, 11) is 0. The van der Waals surface area contributed by atoms with Gasteiger partial charge in [-0.05, 0) is 51.0 Å². The average molecular weight is 263 g/mol. The summed E-state index contributed by atoms with van der Waals surface area (Å²) in [5, 5.41) is 3.93. The highest BCUT2D eigenvalue weighted by Crippen LogP contribution is 2.21. The molecule has 0 aliphatic carbocycles. The van der Waals surface area contributed by atoms with Crippen LogP contribution in [0.3, 0.4) is 0 Å². The fourth-order valence-electron chi connectivity index (χ4n) is 1.77. The van der Waals surface area contributed by atoms with Gasteiger partial charge in [0.2, 0.25) is 11.7 Å². The van der Waals surface area contributed by atoms with Crippen LogP contribution in [0, 0.1) is 12.7 Å². The predicted molar refractivity (Wildman–Crippen MR) is 71.0 cm³/mol. The molecule has 0 bridgehead atoms. The Morgan fingerprint density at radius 3 is 2.74 bits per heavy atom. The molecule has 0 fully saturated rings. The third kappa shape index (κ3) is 3.61. The van der Waals surface area contributed by atoms with Gasteiger partial charge in [-0.1, -0.05) is 5.16 Å². The zero-order valence-corrected chi connectivity index (χ0v) is 11.4. The van der Waals surface area contributed by atoms with Gasteiger partial charge in [-0.2, -0.15) is 4.98 Å². The smallest absolute Gasteiger partial charge is 0.227 e. The first-order chi connectivity index (χ1) is 8.85. The molecular formula is C14H18FN3O. The molecule has 0 amide bonds. The Morgan fingerprint density at radius 2 is 2.11 bits per heavy atom. The van der Waals surface area contributed by atoms with Crippen molar-refractivity contribution in [1.82, 2.24) is 10.1 Å². The van der Waals surface area contributed by atoms with Crippen LogP contribution in [0.15, 0.2) is 22.7 Å². The Labute approximate surface area is 111 Å². The molecule has 2 aromatic rings. The van der Waals surface area contributed by atoms with Gasteiger partial charge in [0.25, 0.3) is 0 Å². The number of rotatable bonds is 4. The highest BCUT2D eigenvalue weighted by atomic mass is 19.1. The minimum Gasteiger partial charge on any atom is -0.339 e. The van der Waals surface area contributed by atoms with Crippen molar-refractivity contribution in [2.45, 2.75) is 39.2 Å². The average Bonchev–Trinajstić information content (AvgIpc) is 2.74. The first-order valence-corrected chi connectivity index (χ1v) is 6.23. The summed E-state index contributed by atoms with van der Waals surface area (Å²) in [4.78, 5) is 4.32. The Kier molecular flexibility index (Phi) is 3.66. The topological polar surface area (TPSA) is 64.9 Å². The Morgan fingerprint density at radius 1 is 1.37 bits per heavy atom. The highest BCUT2D eigenvalue weighted by molar-refractivity contribution is 5.59. The summed E-state index contributed by atoms with van der Waals surface area (Å²) >= 11 is 0. The van der Waals surface area contributed by atoms with Crippen LogP contribution in [0.25, 0.3) is 11.4 Å². The number of aromatic nitrogens is 2. The molecule has 0 aliphatic rings. The van der Waals surface area contributed by atoms with E-state index in [-0.39, 0.29) is 11.4 Å². The second kappa shape index (κ2) is 5.09. The summed E-state index contributed by atoms with van der Waals surface area (Å²) in [6.07, 6.45) is 1.40. The van der Waals surface area contributed by atoms with Crippen LogP contribution in [0.2, 0.25) is 0 Å². The maximum absolute atomic E-state index is 13.0. The molecule has 1 heterocycles. The van der Waals surface area contributed by atoms with Crippen LogP contribution in [0.4, 0.5) is 4.39 Å². The fraction of sp³-hybridized carbons (Fsp3) is 0.429. The van der Waals surface area contributed by atoms with Gasteiger partial charge in [-0.3, -0.25) is 0 Å². The number of nitrogens with two attached hydrogens (primary N) is 1. The fourth-order valence-corrected chi connectivity index (χ4v) is 1.77. The van der Waals surface area contributed by atoms with Gasteiger partial charge in [0, 0.05) is 17.5 Å². The second-order valence-corrected chi connectivity index (χ2v) is 5.46. The molecule has 1 aromatic heterocycles. The van der Waals surface area contributed by atoms with Crippen molar-refractivity contribution in [2.75, 3.05) is 0 Å². The Balaban J connectivity index is 2.16. The number of halogens is 1. The minimum atomic E-state index is -0.269. The first kappa shape index (κ1) is 13.7. The highest BCUT2D eigenvalue weighted by Gasteiger charge is 2.15. The molecule has 0 radical (unpaired) electrons. The number of aryl methyl sites for hydroxylation is 2. The molecule has 19 heavy (non-hydrogen) atoms. The van der Waals surface area contributed by atoms with Crippen molar-refractivity contribution >= 4 is 0 Å². The lowest BCUT2D eigenvalue weighted by atomic mass is 10.0. The van der Waals surface area contributed by atoms with E-state index in [4.69, 9.17) is 10.3 Å². The number of nitrogens with zero attached hydrogens (tertiary/aromatic N) is 2. The van der Waals surface area contributed by atoms with Crippen LogP contribution in [-0.2, 0) is 6.42 Å². The van der Waals surface area contributed by atoms with Gasteiger partial charge in [0.1, 0.15) is 5.82 Å². The van der Waals surface area contributed by atoms with Gasteiger partial charge in [0.15, 0.2) is 0 Å². The van der Waals surface area contributed by atoms with Crippen molar-refractivity contribution in [3.63, 3.8) is 0 Å². The van der Waals surface area contributed by atoms with E-state index in [0.717, 1.165) is 17.5 Å². The maximum atomic E-state index is 13.0. The van der Waals surface area contributed by atoms with Crippen molar-refractivity contribution in [3.8, 4) is 11.4 Å². The molecule has 102 valence electrons. The van der Waals surface area contributed by atoms with Gasteiger partial charge in [-0.25, -0.2) is 4.39 Å². The van der Waals surface area contributed by atoms with E-state index in [1.807, 2.05) is 20.8 Å². The lowest BCUT2D eigenvalue weighted by Crippen LogP contribution is -2.32. The predicted octanol–water partition coefficient (Wildman–Crippen LogP) is 2.85. The summed E-state index contributed by atoms with van der Waals surface area (Å²) in [5.74, 6) is 0.773. The summed E-state index contributed by atoms with van der Waals surface area (Å²) in [5.41, 5.74) is 7.21. The molecule has 0 unspecified atom stereocenters. The third-order valence-corrected chi connectivity index (χ3v) is 2.88. The third-order valence-electron chi connectivity index (χ3n) is 2.88. The SMILES string of the molecule is Cc1cc(F)ccc1-c1noc(CCC(C)(C)N)n1. The monoisotopic (exact) mass is 263 g/mol. The molecule has 0 saturated heterocycles. The molecule has 2 rings (SSSR count). The number of hydrogen-bond donors (Lipinski definition) is 1. The van der Waals surface area contributed by atoms with Gasteiger partial charge >= 0.3 is 0 Å². The molecule has 1 aromatic carbocycles. The van der Waals surface area contributed by atoms with Gasteiger partial charge in [0.05, 0.1) is 0 Å². The number of benzene rings is 1. The van der Waals surface area contributed by atoms with Crippen molar-refractivity contribution in [2.24, 2.45) is 5.73 Å². The van der Waals surface area contributed by atoms with Crippen LogP contribution in [0.5, 0.6) is 0 Å². The quantitative estimate of drug-likeness (QED) is 0.921. The van der Waals surface area contributed by atoms with Crippen LogP contribution in [-0.4, -0.2) is 15.7 Å². The van der Waals surface area contributed by atoms with Crippen molar-refractivity contribution < 1.29 is 8.91 Å². The molecular weight excluding hydrogens is 245 g/mol. The summed E-state index contributed by atoms with van der Waals surface area (Å²) in [6.45, 7) is 5.72. The molecule has 0 aliphatic heterocycles. The van der Waals surface area contributed by atoms with Crippen LogP contribution in [0.1, 0.15) is 31.7 Å². The second-order valence-electron chi connectivity index (χ2n) is 5.46. The van der Waals surface area contributed by atoms with Crippen LogP contribution < -0.4 is 5.73 Å². The lowest BCUT2D eigenvalue weighted by Gasteiger charge is -2.16. The normalized spacial score (nSPS) is 11.8. The number of hydrogen-bond acceptors (Lipinski definition) is 4. The van der Waals surface area contributed by atoms with Gasteiger partial charge in [-0.15, -0.1) is 0 Å². The summed E-state index contributed by atoms with van der Waals surface area (Å²) in [6, 6.07) is 4.50. The van der Waals surface area contributed by atoms with E-state index in [9.17, 15) is 4.39 Å². The van der Waals surface area contributed by atoms with E-state index in [1.165, 1.54) is 12.1 Å². The van der Waals surface area contributed by atoms with Crippen molar-refractivity contribution in [1.29, 1.82) is 0 Å². The molecule has 2 N–H and O–H groups in total. The largest absolute Gasteiger partial charge is 0.339 e. The zero-order valence-electron chi connectivity index (χ0n) is 11.4. The van der Waals surface area contributed by atoms with Crippen molar-refractivity contribution in [3.05, 3.63) is 35.5 Å². The Hall–Kier alpha value is -1.75. The summed E-state index contributed by atoms with van der Waals surface area (Å²) < 4.78 is 18.2. The van der Waals surface area contributed by atoms with E-state index in [0.29, 0.717) is 18.1 Å². The zero-order chi connectivity index (χ0) is 14.0. The molecule has 5 heteroatoms. The molecule has 4 nitrogen and oxygen atoms in total. The maximum Gasteiger partial charge on any atom is 0.227 e. The van der Waals surface area contributed by atoms with Crippen LogP contribution >= 0.6 is 0 Å².